The predicted molar refractivity (Wildman–Crippen MR) is 98.0 cm³/mol. The molecule has 0 saturated heterocycles. The zero-order valence-corrected chi connectivity index (χ0v) is 14.1. The first-order valence-electron chi connectivity index (χ1n) is 8.36. The maximum Gasteiger partial charge on any atom is 0.250 e. The number of benzene rings is 3. The highest BCUT2D eigenvalue weighted by atomic mass is 19.1. The first kappa shape index (κ1) is 16.9. The van der Waals surface area contributed by atoms with E-state index in [1.165, 1.54) is 12.1 Å². The second-order valence-corrected chi connectivity index (χ2v) is 5.89. The second kappa shape index (κ2) is 7.37. The minimum Gasteiger partial charge on any atom is -0.418 e. The fraction of sp³-hybridized carbons (Fsp3) is 0.0476. The van der Waals surface area contributed by atoms with Crippen LogP contribution < -0.4 is 5.32 Å². The summed E-state index contributed by atoms with van der Waals surface area (Å²) in [7, 11) is 0. The molecule has 0 saturated carbocycles. The first-order valence-corrected chi connectivity index (χ1v) is 8.36. The van der Waals surface area contributed by atoms with Gasteiger partial charge in [-0.3, -0.25) is 0 Å². The molecule has 0 spiro atoms. The minimum atomic E-state index is -0.587. The van der Waals surface area contributed by atoms with Crippen LogP contribution in [0.15, 0.2) is 83.3 Å². The van der Waals surface area contributed by atoms with Crippen molar-refractivity contribution in [2.75, 3.05) is 5.32 Å². The van der Waals surface area contributed by atoms with E-state index in [0.717, 1.165) is 5.56 Å². The van der Waals surface area contributed by atoms with Gasteiger partial charge < -0.3 is 9.73 Å². The Balaban J connectivity index is 1.74. The van der Waals surface area contributed by atoms with Gasteiger partial charge in [0.25, 0.3) is 5.89 Å². The van der Waals surface area contributed by atoms with Crippen molar-refractivity contribution >= 4 is 5.69 Å². The summed E-state index contributed by atoms with van der Waals surface area (Å²) < 4.78 is 33.9. The van der Waals surface area contributed by atoms with Crippen molar-refractivity contribution in [3.05, 3.63) is 102 Å². The lowest BCUT2D eigenvalue weighted by Gasteiger charge is -2.17. The summed E-state index contributed by atoms with van der Waals surface area (Å²) >= 11 is 0. The van der Waals surface area contributed by atoms with Crippen LogP contribution in [0.1, 0.15) is 17.5 Å². The SMILES string of the molecule is Fc1ccccc1NC(c1ccccc1)c1nnc(-c2ccccc2F)o1. The lowest BCUT2D eigenvalue weighted by atomic mass is 10.1. The Hall–Kier alpha value is -3.54. The topological polar surface area (TPSA) is 51.0 Å². The van der Waals surface area contributed by atoms with Crippen LogP contribution in [0.2, 0.25) is 0 Å². The normalized spacial score (nSPS) is 11.9. The fourth-order valence-electron chi connectivity index (χ4n) is 2.76. The van der Waals surface area contributed by atoms with Crippen molar-refractivity contribution in [2.24, 2.45) is 0 Å². The average molecular weight is 363 g/mol. The van der Waals surface area contributed by atoms with E-state index in [4.69, 9.17) is 4.42 Å². The molecule has 4 rings (SSSR count). The molecule has 3 aromatic carbocycles. The van der Waals surface area contributed by atoms with Gasteiger partial charge in [-0.2, -0.15) is 0 Å². The van der Waals surface area contributed by atoms with Crippen LogP contribution in [0.5, 0.6) is 0 Å². The van der Waals surface area contributed by atoms with Gasteiger partial charge in [0.15, 0.2) is 0 Å². The van der Waals surface area contributed by atoms with Crippen molar-refractivity contribution in [3.63, 3.8) is 0 Å². The highest BCUT2D eigenvalue weighted by molar-refractivity contribution is 5.54. The van der Waals surface area contributed by atoms with E-state index in [9.17, 15) is 8.78 Å². The molecule has 1 unspecified atom stereocenters. The molecule has 1 N–H and O–H groups in total. The highest BCUT2D eigenvalue weighted by Crippen LogP contribution is 2.29. The minimum absolute atomic E-state index is 0.0689. The Morgan fingerprint density at radius 1 is 0.741 bits per heavy atom. The number of para-hydroxylation sites is 1. The molecule has 0 aliphatic rings. The molecular weight excluding hydrogens is 348 g/mol. The maximum absolute atomic E-state index is 14.1. The standard InChI is InChI=1S/C21H15F2N3O/c22-16-11-5-4-10-15(16)20-25-26-21(27-20)19(14-8-2-1-3-9-14)24-18-13-7-6-12-17(18)23/h1-13,19,24H. The van der Waals surface area contributed by atoms with E-state index in [1.807, 2.05) is 30.3 Å². The molecule has 0 aliphatic carbocycles. The molecule has 1 heterocycles. The zero-order chi connectivity index (χ0) is 18.6. The van der Waals surface area contributed by atoms with Gasteiger partial charge in [0, 0.05) is 0 Å². The van der Waals surface area contributed by atoms with Gasteiger partial charge in [0.2, 0.25) is 5.89 Å². The summed E-state index contributed by atoms with van der Waals surface area (Å²) in [6.07, 6.45) is 0. The van der Waals surface area contributed by atoms with E-state index in [0.29, 0.717) is 5.69 Å². The summed E-state index contributed by atoms with van der Waals surface area (Å²) in [6, 6.07) is 21.2. The molecule has 134 valence electrons. The summed E-state index contributed by atoms with van der Waals surface area (Å²) in [4.78, 5) is 0. The van der Waals surface area contributed by atoms with E-state index in [2.05, 4.69) is 15.5 Å². The lowest BCUT2D eigenvalue weighted by Crippen LogP contribution is -2.13. The molecule has 0 bridgehead atoms. The number of hydrogen-bond donors (Lipinski definition) is 1. The van der Waals surface area contributed by atoms with Crippen LogP contribution in [0.25, 0.3) is 11.5 Å². The number of aromatic nitrogens is 2. The fourth-order valence-corrected chi connectivity index (χ4v) is 2.76. The van der Waals surface area contributed by atoms with Crippen LogP contribution in [0.4, 0.5) is 14.5 Å². The average Bonchev–Trinajstić information content (AvgIpc) is 3.18. The van der Waals surface area contributed by atoms with Gasteiger partial charge in [0.05, 0.1) is 11.3 Å². The molecule has 1 atom stereocenters. The molecule has 27 heavy (non-hydrogen) atoms. The molecule has 0 aliphatic heterocycles. The number of nitrogens with zero attached hydrogens (tertiary/aromatic N) is 2. The third-order valence-corrected chi connectivity index (χ3v) is 4.10. The van der Waals surface area contributed by atoms with Gasteiger partial charge in [-0.25, -0.2) is 8.78 Å². The lowest BCUT2D eigenvalue weighted by molar-refractivity contribution is 0.489. The van der Waals surface area contributed by atoms with E-state index in [1.54, 1.807) is 36.4 Å². The van der Waals surface area contributed by atoms with Crippen LogP contribution in [0, 0.1) is 11.6 Å². The Morgan fingerprint density at radius 2 is 1.41 bits per heavy atom. The number of nitrogens with one attached hydrogen (secondary N) is 1. The van der Waals surface area contributed by atoms with E-state index < -0.39 is 17.7 Å². The Bertz CT molecular complexity index is 1050. The van der Waals surface area contributed by atoms with Crippen molar-refractivity contribution < 1.29 is 13.2 Å². The molecule has 4 aromatic rings. The highest BCUT2D eigenvalue weighted by Gasteiger charge is 2.23. The number of rotatable bonds is 5. The molecule has 6 heteroatoms. The summed E-state index contributed by atoms with van der Waals surface area (Å²) in [5.41, 5.74) is 1.33. The Labute approximate surface area is 154 Å². The van der Waals surface area contributed by atoms with Gasteiger partial charge in [-0.1, -0.05) is 54.6 Å². The monoisotopic (exact) mass is 363 g/mol. The Morgan fingerprint density at radius 3 is 2.15 bits per heavy atom. The summed E-state index contributed by atoms with van der Waals surface area (Å²) in [6.45, 7) is 0. The van der Waals surface area contributed by atoms with Gasteiger partial charge >= 0.3 is 0 Å². The van der Waals surface area contributed by atoms with Gasteiger partial charge in [-0.05, 0) is 29.8 Å². The van der Waals surface area contributed by atoms with Crippen LogP contribution in [-0.4, -0.2) is 10.2 Å². The quantitative estimate of drug-likeness (QED) is 0.528. The molecule has 1 aromatic heterocycles. The number of hydrogen-bond acceptors (Lipinski definition) is 4. The van der Waals surface area contributed by atoms with E-state index in [-0.39, 0.29) is 17.3 Å². The van der Waals surface area contributed by atoms with Crippen LogP contribution in [0.3, 0.4) is 0 Å². The second-order valence-electron chi connectivity index (χ2n) is 5.89. The van der Waals surface area contributed by atoms with Crippen molar-refractivity contribution in [1.29, 1.82) is 0 Å². The third kappa shape index (κ3) is 3.55. The van der Waals surface area contributed by atoms with Gasteiger partial charge in [0.1, 0.15) is 17.7 Å². The summed E-state index contributed by atoms with van der Waals surface area (Å²) in [5, 5.41) is 11.1. The zero-order valence-electron chi connectivity index (χ0n) is 14.1. The molecule has 4 nitrogen and oxygen atoms in total. The van der Waals surface area contributed by atoms with Crippen LogP contribution >= 0.6 is 0 Å². The molecule has 0 radical (unpaired) electrons. The maximum atomic E-state index is 14.1. The Kier molecular flexibility index (Phi) is 4.61. The third-order valence-electron chi connectivity index (χ3n) is 4.10. The summed E-state index contributed by atoms with van der Waals surface area (Å²) in [5.74, 6) is -0.569. The number of anilines is 1. The van der Waals surface area contributed by atoms with Gasteiger partial charge in [-0.15, -0.1) is 10.2 Å². The van der Waals surface area contributed by atoms with Crippen molar-refractivity contribution in [2.45, 2.75) is 6.04 Å². The first-order chi connectivity index (χ1) is 13.2. The van der Waals surface area contributed by atoms with Crippen LogP contribution in [-0.2, 0) is 0 Å². The largest absolute Gasteiger partial charge is 0.418 e. The molecule has 0 amide bonds. The predicted octanol–water partition coefficient (Wildman–Crippen LogP) is 5.22. The van der Waals surface area contributed by atoms with Crippen molar-refractivity contribution in [3.8, 4) is 11.5 Å². The van der Waals surface area contributed by atoms with Crippen molar-refractivity contribution in [1.82, 2.24) is 10.2 Å². The molecular formula is C21H15F2N3O. The van der Waals surface area contributed by atoms with E-state index >= 15 is 0 Å². The smallest absolute Gasteiger partial charge is 0.250 e. The number of halogens is 2. The molecule has 0 fully saturated rings.